The monoisotopic (exact) mass is 466 g/mol. The third kappa shape index (κ3) is 4.64. The molecule has 1 aromatic carbocycles. The molecule has 1 amide bonds. The van der Waals surface area contributed by atoms with E-state index in [0.29, 0.717) is 27.2 Å². The number of hydrogen-bond donors (Lipinski definition) is 2. The number of halogens is 2. The van der Waals surface area contributed by atoms with Crippen LogP contribution < -0.4 is 10.9 Å². The third-order valence-corrected chi connectivity index (χ3v) is 5.58. The lowest BCUT2D eigenvalue weighted by atomic mass is 10.3. The van der Waals surface area contributed by atoms with Gasteiger partial charge in [0.2, 0.25) is 5.91 Å². The first-order valence-electron chi connectivity index (χ1n) is 8.87. The number of fused-ring (bicyclic) bond motifs is 1. The first-order valence-corrected chi connectivity index (χ1v) is 10.6. The van der Waals surface area contributed by atoms with E-state index >= 15 is 0 Å². The Bertz CT molecular complexity index is 1080. The van der Waals surface area contributed by atoms with Crippen LogP contribution in [0.2, 0.25) is 0 Å². The van der Waals surface area contributed by atoms with Crippen molar-refractivity contribution in [2.24, 2.45) is 0 Å². The Labute approximate surface area is 174 Å². The third-order valence-electron chi connectivity index (χ3n) is 4.11. The van der Waals surface area contributed by atoms with Gasteiger partial charge in [-0.2, -0.15) is 0 Å². The highest BCUT2D eigenvalue weighted by atomic mass is 79.9. The molecule has 28 heavy (non-hydrogen) atoms. The van der Waals surface area contributed by atoms with E-state index in [0.717, 1.165) is 18.5 Å². The summed E-state index contributed by atoms with van der Waals surface area (Å²) >= 11 is 4.35. The first kappa shape index (κ1) is 20.6. The second kappa shape index (κ2) is 8.91. The lowest BCUT2D eigenvalue weighted by molar-refractivity contribution is -0.113. The van der Waals surface area contributed by atoms with Crippen molar-refractivity contribution < 1.29 is 9.18 Å². The Kier molecular flexibility index (Phi) is 6.56. The Morgan fingerprint density at radius 2 is 2.18 bits per heavy atom. The molecule has 148 valence electrons. The van der Waals surface area contributed by atoms with Crippen molar-refractivity contribution in [1.82, 2.24) is 14.5 Å². The fourth-order valence-electron chi connectivity index (χ4n) is 2.74. The minimum atomic E-state index is -0.519. The van der Waals surface area contributed by atoms with Crippen molar-refractivity contribution >= 4 is 50.3 Å². The molecule has 0 atom stereocenters. The van der Waals surface area contributed by atoms with Crippen LogP contribution in [0.25, 0.3) is 11.0 Å². The minimum absolute atomic E-state index is 0.0168. The van der Waals surface area contributed by atoms with Gasteiger partial charge in [0.05, 0.1) is 17.0 Å². The van der Waals surface area contributed by atoms with Gasteiger partial charge in [-0.25, -0.2) is 9.37 Å². The number of amides is 1. The topological polar surface area (TPSA) is 79.8 Å². The Balaban J connectivity index is 1.80. The van der Waals surface area contributed by atoms with E-state index in [2.05, 4.69) is 31.2 Å². The maximum absolute atomic E-state index is 13.9. The van der Waals surface area contributed by atoms with Crippen molar-refractivity contribution in [3.05, 3.63) is 50.6 Å². The van der Waals surface area contributed by atoms with Crippen LogP contribution in [0.3, 0.4) is 0 Å². The fraction of sp³-hybridized carbons (Fsp3) is 0.316. The molecule has 0 saturated heterocycles. The molecule has 2 aromatic heterocycles. The molecule has 0 aliphatic rings. The molecule has 2 N–H and O–H groups in total. The van der Waals surface area contributed by atoms with E-state index in [1.165, 1.54) is 23.9 Å². The zero-order valence-electron chi connectivity index (χ0n) is 15.5. The molecule has 0 aliphatic heterocycles. The van der Waals surface area contributed by atoms with Crippen LogP contribution in [-0.2, 0) is 11.3 Å². The summed E-state index contributed by atoms with van der Waals surface area (Å²) in [7, 11) is 0. The Morgan fingerprint density at radius 1 is 1.39 bits per heavy atom. The summed E-state index contributed by atoms with van der Waals surface area (Å²) < 4.78 is 16.1. The van der Waals surface area contributed by atoms with Crippen LogP contribution in [0.15, 0.2) is 38.7 Å². The van der Waals surface area contributed by atoms with Crippen LogP contribution in [0, 0.1) is 12.7 Å². The summed E-state index contributed by atoms with van der Waals surface area (Å²) in [5, 5.41) is 3.03. The van der Waals surface area contributed by atoms with Crippen molar-refractivity contribution in [1.29, 1.82) is 0 Å². The lowest BCUT2D eigenvalue weighted by Crippen LogP contribution is -2.24. The fourth-order valence-corrected chi connectivity index (χ4v) is 3.90. The number of hydrogen-bond acceptors (Lipinski definition) is 4. The molecule has 0 fully saturated rings. The molecular formula is C19H20BrFN4O2S. The Morgan fingerprint density at radius 3 is 2.89 bits per heavy atom. The molecule has 3 aromatic rings. The summed E-state index contributed by atoms with van der Waals surface area (Å²) in [5.41, 5.74) is 1.87. The van der Waals surface area contributed by atoms with Gasteiger partial charge >= 0.3 is 0 Å². The highest BCUT2D eigenvalue weighted by molar-refractivity contribution is 9.10. The maximum atomic E-state index is 13.9. The van der Waals surface area contributed by atoms with Gasteiger partial charge in [0.1, 0.15) is 11.3 Å². The number of aromatic nitrogens is 3. The van der Waals surface area contributed by atoms with Gasteiger partial charge in [-0.1, -0.05) is 41.0 Å². The smallest absolute Gasteiger partial charge is 0.278 e. The van der Waals surface area contributed by atoms with E-state index in [9.17, 15) is 14.0 Å². The highest BCUT2D eigenvalue weighted by Gasteiger charge is 2.15. The predicted octanol–water partition coefficient (Wildman–Crippen LogP) is 4.47. The van der Waals surface area contributed by atoms with Gasteiger partial charge in [0, 0.05) is 16.7 Å². The van der Waals surface area contributed by atoms with Gasteiger partial charge in [-0.15, -0.1) is 0 Å². The SMILES string of the molecule is CCCCn1c(SCC(=O)Nc2ccc(Br)cc2F)nc2cc(C)[nH]c2c1=O. The summed E-state index contributed by atoms with van der Waals surface area (Å²) in [5.74, 6) is -0.869. The number of thioether (sulfide) groups is 1. The summed E-state index contributed by atoms with van der Waals surface area (Å²) in [4.78, 5) is 32.7. The summed E-state index contributed by atoms with van der Waals surface area (Å²) in [6, 6.07) is 6.24. The van der Waals surface area contributed by atoms with Crippen LogP contribution in [0.1, 0.15) is 25.5 Å². The standard InChI is InChI=1S/C19H20BrFN4O2S/c1-3-4-7-25-18(27)17-15(8-11(2)22-17)24-19(25)28-10-16(26)23-14-6-5-12(20)9-13(14)21/h5-6,8-9,22H,3-4,7,10H2,1-2H3,(H,23,26). The van der Waals surface area contributed by atoms with Crippen molar-refractivity contribution in [2.45, 2.75) is 38.4 Å². The van der Waals surface area contributed by atoms with Crippen LogP contribution >= 0.6 is 27.7 Å². The molecule has 6 nitrogen and oxygen atoms in total. The normalized spacial score (nSPS) is 11.1. The molecule has 0 spiro atoms. The van der Waals surface area contributed by atoms with E-state index in [4.69, 9.17) is 0 Å². The second-order valence-corrected chi connectivity index (χ2v) is 8.24. The average molecular weight is 467 g/mol. The molecule has 0 radical (unpaired) electrons. The number of nitrogens with zero attached hydrogens (tertiary/aromatic N) is 2. The summed E-state index contributed by atoms with van der Waals surface area (Å²) in [6.07, 6.45) is 1.76. The predicted molar refractivity (Wildman–Crippen MR) is 113 cm³/mol. The number of carbonyl (C=O) groups is 1. The zero-order chi connectivity index (χ0) is 20.3. The number of carbonyl (C=O) groups excluding carboxylic acids is 1. The van der Waals surface area contributed by atoms with Crippen LogP contribution in [0.4, 0.5) is 10.1 Å². The molecule has 9 heteroatoms. The Hall–Kier alpha value is -2.13. The largest absolute Gasteiger partial charge is 0.353 e. The zero-order valence-corrected chi connectivity index (χ0v) is 17.9. The van der Waals surface area contributed by atoms with Gasteiger partial charge in [0.15, 0.2) is 5.16 Å². The van der Waals surface area contributed by atoms with Crippen molar-refractivity contribution in [3.63, 3.8) is 0 Å². The summed E-state index contributed by atoms with van der Waals surface area (Å²) in [6.45, 7) is 4.44. The van der Waals surface area contributed by atoms with Gasteiger partial charge in [-0.3, -0.25) is 14.2 Å². The lowest BCUT2D eigenvalue weighted by Gasteiger charge is -2.12. The quantitative estimate of drug-likeness (QED) is 0.397. The first-order chi connectivity index (χ1) is 13.4. The van der Waals surface area contributed by atoms with E-state index < -0.39 is 5.82 Å². The molecular weight excluding hydrogens is 447 g/mol. The molecule has 2 heterocycles. The van der Waals surface area contributed by atoms with E-state index in [-0.39, 0.29) is 22.9 Å². The number of benzene rings is 1. The average Bonchev–Trinajstić information content (AvgIpc) is 3.02. The molecule has 0 unspecified atom stereocenters. The molecule has 0 bridgehead atoms. The van der Waals surface area contributed by atoms with Gasteiger partial charge in [-0.05, 0) is 37.6 Å². The van der Waals surface area contributed by atoms with E-state index in [1.54, 1.807) is 10.6 Å². The number of rotatable bonds is 7. The number of aromatic amines is 1. The highest BCUT2D eigenvalue weighted by Crippen LogP contribution is 2.22. The number of H-pyrrole nitrogens is 1. The van der Waals surface area contributed by atoms with Crippen LogP contribution in [-0.4, -0.2) is 26.2 Å². The second-order valence-electron chi connectivity index (χ2n) is 6.38. The van der Waals surface area contributed by atoms with Crippen molar-refractivity contribution in [2.75, 3.05) is 11.1 Å². The number of aryl methyl sites for hydroxylation is 1. The molecule has 0 aliphatic carbocycles. The number of nitrogens with one attached hydrogen (secondary N) is 2. The van der Waals surface area contributed by atoms with Gasteiger partial charge in [0.25, 0.3) is 5.56 Å². The minimum Gasteiger partial charge on any atom is -0.353 e. The number of unbranched alkanes of at least 4 members (excludes halogenated alkanes) is 1. The number of anilines is 1. The van der Waals surface area contributed by atoms with Gasteiger partial charge < -0.3 is 10.3 Å². The molecule has 3 rings (SSSR count). The molecule has 0 saturated carbocycles. The van der Waals surface area contributed by atoms with Crippen LogP contribution in [0.5, 0.6) is 0 Å². The maximum Gasteiger partial charge on any atom is 0.278 e. The van der Waals surface area contributed by atoms with E-state index in [1.807, 2.05) is 19.9 Å². The van der Waals surface area contributed by atoms with Crippen molar-refractivity contribution in [3.8, 4) is 0 Å².